The van der Waals surface area contributed by atoms with Crippen molar-refractivity contribution >= 4 is 17.2 Å². The fraction of sp³-hybridized carbons (Fsp3) is 0.200. The van der Waals surface area contributed by atoms with Crippen molar-refractivity contribution in [3.05, 3.63) is 76.9 Å². The van der Waals surface area contributed by atoms with Gasteiger partial charge in [-0.25, -0.2) is 13.8 Å². The first-order valence-electron chi connectivity index (χ1n) is 10.5. The van der Waals surface area contributed by atoms with Gasteiger partial charge in [-0.3, -0.25) is 14.5 Å². The van der Waals surface area contributed by atoms with Crippen molar-refractivity contribution < 1.29 is 19.1 Å². The van der Waals surface area contributed by atoms with Crippen molar-refractivity contribution in [2.24, 2.45) is 12.0 Å². The van der Waals surface area contributed by atoms with Crippen molar-refractivity contribution in [2.75, 3.05) is 11.9 Å². The van der Waals surface area contributed by atoms with Gasteiger partial charge in [0.05, 0.1) is 19.0 Å². The van der Waals surface area contributed by atoms with Crippen LogP contribution in [0.15, 0.2) is 47.7 Å². The third-order valence-electron chi connectivity index (χ3n) is 4.87. The standard InChI is InChI=1S/C20H15F2N5O/c1-27-20(24-9-25-27)17-18(10-2-4-11(21)5-3-10)26-14-7-12(22)6-13-15(28)8-23-19(17)16(13)14/h2-7,9,17-18,26H,8H2,1H3/t17-,18-/m0/s1/i1D3,18D. The molecule has 5 rings (SSSR count). The van der Waals surface area contributed by atoms with Gasteiger partial charge in [-0.1, -0.05) is 12.1 Å². The minimum Gasteiger partial charge on any atom is -0.376 e. The number of halogens is 2. The Bertz CT molecular complexity index is 1290. The number of carbonyl (C=O) groups excluding carboxylic acids is 1. The number of ketones is 1. The van der Waals surface area contributed by atoms with Gasteiger partial charge in [0.25, 0.3) is 0 Å². The van der Waals surface area contributed by atoms with Gasteiger partial charge < -0.3 is 5.32 Å². The molecule has 2 aliphatic heterocycles. The molecule has 0 unspecified atom stereocenters. The average molecular weight is 383 g/mol. The van der Waals surface area contributed by atoms with Crippen LogP contribution in [0.25, 0.3) is 0 Å². The van der Waals surface area contributed by atoms with Crippen LogP contribution in [0.4, 0.5) is 14.5 Å². The number of hydrogen-bond donors (Lipinski definition) is 1. The maximum atomic E-state index is 14.3. The Morgan fingerprint density at radius 2 is 2.07 bits per heavy atom. The molecule has 0 fully saturated rings. The van der Waals surface area contributed by atoms with Crippen LogP contribution in [0, 0.1) is 11.6 Å². The summed E-state index contributed by atoms with van der Waals surface area (Å²) in [6.07, 6.45) is 1.06. The van der Waals surface area contributed by atoms with E-state index < -0.39 is 36.3 Å². The van der Waals surface area contributed by atoms with Gasteiger partial charge in [-0.05, 0) is 29.8 Å². The molecule has 0 saturated carbocycles. The van der Waals surface area contributed by atoms with Gasteiger partial charge >= 0.3 is 0 Å². The molecule has 0 spiro atoms. The Morgan fingerprint density at radius 3 is 2.86 bits per heavy atom. The van der Waals surface area contributed by atoms with Crippen LogP contribution in [0.5, 0.6) is 0 Å². The molecule has 2 aliphatic rings. The Hall–Kier alpha value is -3.42. The van der Waals surface area contributed by atoms with Crippen LogP contribution >= 0.6 is 0 Å². The van der Waals surface area contributed by atoms with Crippen LogP contribution in [-0.2, 0) is 6.98 Å². The number of nitrogens with one attached hydrogen (secondary N) is 1. The van der Waals surface area contributed by atoms with Crippen LogP contribution in [0.1, 0.15) is 44.7 Å². The first-order chi connectivity index (χ1) is 15.1. The van der Waals surface area contributed by atoms with Gasteiger partial charge in [-0.15, -0.1) is 0 Å². The van der Waals surface area contributed by atoms with E-state index in [-0.39, 0.29) is 40.5 Å². The zero-order chi connectivity index (χ0) is 22.8. The molecule has 1 aromatic heterocycles. The van der Waals surface area contributed by atoms with E-state index >= 15 is 0 Å². The molecule has 2 aromatic carbocycles. The van der Waals surface area contributed by atoms with Gasteiger partial charge in [0.1, 0.15) is 30.3 Å². The highest BCUT2D eigenvalue weighted by Gasteiger charge is 2.42. The van der Waals surface area contributed by atoms with Gasteiger partial charge in [-0.2, -0.15) is 5.10 Å². The molecule has 0 amide bonds. The number of carbonyl (C=O) groups is 1. The number of hydrogen-bond acceptors (Lipinski definition) is 5. The quantitative estimate of drug-likeness (QED) is 0.738. The Morgan fingerprint density at radius 1 is 1.25 bits per heavy atom. The smallest absolute Gasteiger partial charge is 0.185 e. The molecule has 0 aliphatic carbocycles. The highest BCUT2D eigenvalue weighted by atomic mass is 19.1. The summed E-state index contributed by atoms with van der Waals surface area (Å²) in [6, 6.07) is 5.45. The number of aliphatic imine (C=N–C) groups is 1. The van der Waals surface area contributed by atoms with Gasteiger partial charge in [0, 0.05) is 27.9 Å². The molecule has 28 heavy (non-hydrogen) atoms. The molecule has 6 nitrogen and oxygen atoms in total. The van der Waals surface area contributed by atoms with Gasteiger partial charge in [0.2, 0.25) is 0 Å². The summed E-state index contributed by atoms with van der Waals surface area (Å²) in [5.74, 6) is -2.84. The first kappa shape index (κ1) is 12.9. The van der Waals surface area contributed by atoms with Crippen molar-refractivity contribution in [1.29, 1.82) is 0 Å². The minimum atomic E-state index is -2.70. The fourth-order valence-corrected chi connectivity index (χ4v) is 3.68. The summed E-state index contributed by atoms with van der Waals surface area (Å²) in [5.41, 5.74) is 1.01. The molecule has 0 bridgehead atoms. The average Bonchev–Trinajstić information content (AvgIpc) is 3.20. The summed E-state index contributed by atoms with van der Waals surface area (Å²) in [7, 11) is 0. The lowest BCUT2D eigenvalue weighted by Gasteiger charge is -2.37. The number of nitrogens with zero attached hydrogens (tertiary/aromatic N) is 4. The summed E-state index contributed by atoms with van der Waals surface area (Å²) >= 11 is 0. The van der Waals surface area contributed by atoms with E-state index in [9.17, 15) is 14.9 Å². The molecule has 140 valence electrons. The maximum Gasteiger partial charge on any atom is 0.185 e. The minimum absolute atomic E-state index is 0.0867. The van der Waals surface area contributed by atoms with Crippen molar-refractivity contribution in [3.8, 4) is 0 Å². The first-order valence-corrected chi connectivity index (χ1v) is 8.45. The maximum absolute atomic E-state index is 14.3. The fourth-order valence-electron chi connectivity index (χ4n) is 3.68. The number of benzene rings is 2. The number of aryl methyl sites for hydroxylation is 1. The molecule has 1 N–H and O–H groups in total. The highest BCUT2D eigenvalue weighted by Crippen LogP contribution is 2.44. The van der Waals surface area contributed by atoms with Crippen molar-refractivity contribution in [2.45, 2.75) is 11.9 Å². The predicted molar refractivity (Wildman–Crippen MR) is 98.6 cm³/mol. The lowest BCUT2D eigenvalue weighted by atomic mass is 9.78. The zero-order valence-corrected chi connectivity index (χ0v) is 14.3. The van der Waals surface area contributed by atoms with Crippen LogP contribution in [-0.4, -0.2) is 32.8 Å². The largest absolute Gasteiger partial charge is 0.376 e. The molecule has 3 aromatic rings. The van der Waals surface area contributed by atoms with E-state index in [1.807, 2.05) is 0 Å². The van der Waals surface area contributed by atoms with E-state index in [4.69, 9.17) is 4.11 Å². The van der Waals surface area contributed by atoms with Crippen molar-refractivity contribution in [3.63, 3.8) is 0 Å². The lowest BCUT2D eigenvalue weighted by molar-refractivity contribution is 0.0999. The second-order valence-corrected chi connectivity index (χ2v) is 6.51. The Kier molecular flexibility index (Phi) is 2.78. The van der Waals surface area contributed by atoms with E-state index in [0.717, 1.165) is 35.3 Å². The highest BCUT2D eigenvalue weighted by molar-refractivity contribution is 6.21. The molecule has 8 heteroatoms. The third-order valence-corrected chi connectivity index (χ3v) is 4.87. The molecule has 0 radical (unpaired) electrons. The zero-order valence-electron chi connectivity index (χ0n) is 18.3. The van der Waals surface area contributed by atoms with E-state index in [2.05, 4.69) is 20.4 Å². The summed E-state index contributed by atoms with van der Waals surface area (Å²) in [5, 5.41) is 6.75. The second-order valence-electron chi connectivity index (χ2n) is 6.51. The Labute approximate surface area is 164 Å². The molecule has 2 atom stereocenters. The summed E-state index contributed by atoms with van der Waals surface area (Å²) < 4.78 is 61.5. The topological polar surface area (TPSA) is 72.2 Å². The predicted octanol–water partition coefficient (Wildman–Crippen LogP) is 3.03. The van der Waals surface area contributed by atoms with Gasteiger partial charge in [0.15, 0.2) is 5.78 Å². The number of aromatic nitrogens is 3. The van der Waals surface area contributed by atoms with E-state index in [1.165, 1.54) is 12.1 Å². The number of anilines is 1. The third kappa shape index (κ3) is 2.45. The van der Waals surface area contributed by atoms with E-state index in [1.54, 1.807) is 0 Å². The molecular weight excluding hydrogens is 364 g/mol. The monoisotopic (exact) mass is 383 g/mol. The molecule has 3 heterocycles. The van der Waals surface area contributed by atoms with Crippen LogP contribution in [0.3, 0.4) is 0 Å². The lowest BCUT2D eigenvalue weighted by Crippen LogP contribution is -2.37. The number of Topliss-reactive ketones (excluding diaryl/α,β-unsaturated/α-hetero) is 1. The SMILES string of the molecule is [2H]C([2H])([2H])n1ncnc1[C@@H]1C2=NCC(=O)c3cc(F)cc(c32)N[C@@]1([2H])c1ccc(F)cc1. The Balaban J connectivity index is 1.82. The number of rotatable bonds is 2. The van der Waals surface area contributed by atoms with Crippen molar-refractivity contribution in [1.82, 2.24) is 14.8 Å². The van der Waals surface area contributed by atoms with Crippen LogP contribution in [0.2, 0.25) is 0 Å². The van der Waals surface area contributed by atoms with E-state index in [0.29, 0.717) is 0 Å². The summed E-state index contributed by atoms with van der Waals surface area (Å²) in [6.45, 7) is -2.99. The normalized spacial score (nSPS) is 25.6. The summed E-state index contributed by atoms with van der Waals surface area (Å²) in [4.78, 5) is 20.9. The van der Waals surface area contributed by atoms with Crippen LogP contribution < -0.4 is 5.32 Å². The molecule has 0 saturated heterocycles. The second kappa shape index (κ2) is 6.05. The molecular formula is C20H15F2N5O.